The van der Waals surface area contributed by atoms with Gasteiger partial charge >= 0.3 is 0 Å². The van der Waals surface area contributed by atoms with Crippen molar-refractivity contribution in [2.75, 3.05) is 0 Å². The smallest absolute Gasteiger partial charge is 0.119 e. The second-order valence-electron chi connectivity index (χ2n) is 5.55. The van der Waals surface area contributed by atoms with Crippen molar-refractivity contribution in [3.63, 3.8) is 0 Å². The summed E-state index contributed by atoms with van der Waals surface area (Å²) in [4.78, 5) is 0. The monoisotopic (exact) mass is 206 g/mol. The number of rotatable bonds is 1. The highest BCUT2D eigenvalue weighted by atomic mass is 31.0. The lowest BCUT2D eigenvalue weighted by molar-refractivity contribution is 0.589. The molecular weight excluding hydrogens is 186 g/mol. The van der Waals surface area contributed by atoms with Gasteiger partial charge in [0, 0.05) is 0 Å². The molecule has 2 unspecified atom stereocenters. The van der Waals surface area contributed by atoms with Crippen LogP contribution in [0.5, 0.6) is 0 Å². The Hall–Kier alpha value is -0.285. The lowest BCUT2D eigenvalue weighted by Gasteiger charge is -2.24. The summed E-state index contributed by atoms with van der Waals surface area (Å²) in [6, 6.07) is 8.87. The lowest BCUT2D eigenvalue weighted by atomic mass is 9.78. The molecule has 0 fully saturated rings. The molecule has 1 aromatic rings. The Morgan fingerprint density at radius 2 is 1.57 bits per heavy atom. The molecule has 0 N–H and O–H groups in total. The first kappa shape index (κ1) is 11.8. The maximum atomic E-state index is 2.89. The first-order valence-corrected chi connectivity index (χ1v) is 5.69. The first-order valence-electron chi connectivity index (χ1n) is 5.11. The van der Waals surface area contributed by atoms with Crippen LogP contribution in [0.1, 0.15) is 38.8 Å². The van der Waals surface area contributed by atoms with Crippen molar-refractivity contribution in [1.29, 1.82) is 0 Å². The topological polar surface area (TPSA) is 0 Å². The summed E-state index contributed by atoms with van der Waals surface area (Å²) in [6.07, 6.45) is 0. The fourth-order valence-corrected chi connectivity index (χ4v) is 1.57. The van der Waals surface area contributed by atoms with Crippen molar-refractivity contribution in [2.45, 2.75) is 38.2 Å². The number of hydrogen-bond acceptors (Lipinski definition) is 0. The van der Waals surface area contributed by atoms with E-state index in [4.69, 9.17) is 0 Å². The Morgan fingerprint density at radius 3 is 2.00 bits per heavy atom. The molecule has 1 aromatic carbocycles. The van der Waals surface area contributed by atoms with Crippen molar-refractivity contribution in [2.24, 2.45) is 0 Å². The highest BCUT2D eigenvalue weighted by Gasteiger charge is 2.18. The molecule has 2 heteroatoms. The normalized spacial score (nSPS) is 16.4. The fraction of sp³-hybridized carbons (Fsp3) is 0.500. The summed E-state index contributed by atoms with van der Waals surface area (Å²) in [5.41, 5.74) is 3.03. The average molecular weight is 206 g/mol. The van der Waals surface area contributed by atoms with Crippen molar-refractivity contribution in [3.8, 4) is 0 Å². The van der Waals surface area contributed by atoms with E-state index in [1.165, 1.54) is 11.1 Å². The standard InChI is InChI=1S/C12H20BP/c1-11(2,3)9-6-5-7-10(8-9)12(4,13)14/h5-8H,13-14H2,1-4H3. The maximum Gasteiger partial charge on any atom is 0.119 e. The lowest BCUT2D eigenvalue weighted by Crippen LogP contribution is -2.16. The van der Waals surface area contributed by atoms with E-state index in [2.05, 4.69) is 69.0 Å². The maximum absolute atomic E-state index is 2.89. The summed E-state index contributed by atoms with van der Waals surface area (Å²) < 4.78 is 0. The Bertz CT molecular complexity index is 289. The molecule has 0 amide bonds. The summed E-state index contributed by atoms with van der Waals surface area (Å²) in [6.45, 7) is 8.98. The Kier molecular flexibility index (Phi) is 3.12. The van der Waals surface area contributed by atoms with E-state index >= 15 is 0 Å². The van der Waals surface area contributed by atoms with Gasteiger partial charge in [0.15, 0.2) is 0 Å². The van der Waals surface area contributed by atoms with E-state index in [0.29, 0.717) is 0 Å². The third-order valence-electron chi connectivity index (χ3n) is 2.47. The molecule has 76 valence electrons. The van der Waals surface area contributed by atoms with Gasteiger partial charge in [0.1, 0.15) is 7.85 Å². The third kappa shape index (κ3) is 2.85. The minimum Gasteiger partial charge on any atom is -0.135 e. The molecule has 0 aliphatic heterocycles. The number of hydrogen-bond donors (Lipinski definition) is 0. The van der Waals surface area contributed by atoms with Gasteiger partial charge in [-0.25, -0.2) is 0 Å². The predicted octanol–water partition coefficient (Wildman–Crippen LogP) is 2.67. The van der Waals surface area contributed by atoms with E-state index < -0.39 is 0 Å². The summed E-state index contributed by atoms with van der Waals surface area (Å²) in [5, 5.41) is 0.168. The van der Waals surface area contributed by atoms with Gasteiger partial charge in [0.2, 0.25) is 0 Å². The first-order chi connectivity index (χ1) is 6.21. The van der Waals surface area contributed by atoms with Crippen LogP contribution >= 0.6 is 9.24 Å². The van der Waals surface area contributed by atoms with Gasteiger partial charge < -0.3 is 0 Å². The van der Waals surface area contributed by atoms with E-state index in [9.17, 15) is 0 Å². The van der Waals surface area contributed by atoms with E-state index in [-0.39, 0.29) is 10.5 Å². The molecule has 1 rings (SSSR count). The molecule has 0 radical (unpaired) electrons. The van der Waals surface area contributed by atoms with E-state index in [1.54, 1.807) is 0 Å². The molecule has 0 aliphatic rings. The zero-order valence-electron chi connectivity index (χ0n) is 9.89. The van der Waals surface area contributed by atoms with Crippen LogP contribution < -0.4 is 0 Å². The largest absolute Gasteiger partial charge is 0.135 e. The van der Waals surface area contributed by atoms with Gasteiger partial charge in [-0.2, -0.15) is 0 Å². The quantitative estimate of drug-likeness (QED) is 0.489. The van der Waals surface area contributed by atoms with Gasteiger partial charge in [0.05, 0.1) is 0 Å². The molecular formula is C12H20BP. The van der Waals surface area contributed by atoms with Gasteiger partial charge in [-0.15, -0.1) is 9.24 Å². The zero-order chi connectivity index (χ0) is 11.0. The van der Waals surface area contributed by atoms with Crippen LogP contribution in [0.2, 0.25) is 0 Å². The molecule has 0 aromatic heterocycles. The van der Waals surface area contributed by atoms with Gasteiger partial charge in [0.25, 0.3) is 0 Å². The minimum atomic E-state index is 0.168. The number of benzene rings is 1. The molecule has 14 heavy (non-hydrogen) atoms. The SMILES string of the molecule is BC(C)(P)c1cccc(C(C)(C)C)c1. The highest BCUT2D eigenvalue weighted by Crippen LogP contribution is 2.30. The Balaban J connectivity index is 3.15. The summed E-state index contributed by atoms with van der Waals surface area (Å²) in [5.74, 6) is 0. The third-order valence-corrected chi connectivity index (χ3v) is 2.81. The summed E-state index contributed by atoms with van der Waals surface area (Å²) >= 11 is 0. The molecule has 0 saturated heterocycles. The van der Waals surface area contributed by atoms with Crippen LogP contribution in [0.15, 0.2) is 24.3 Å². The van der Waals surface area contributed by atoms with Crippen molar-refractivity contribution in [3.05, 3.63) is 35.4 Å². The predicted molar refractivity (Wildman–Crippen MR) is 70.7 cm³/mol. The van der Waals surface area contributed by atoms with Crippen LogP contribution in [0, 0.1) is 0 Å². The highest BCUT2D eigenvalue weighted by molar-refractivity contribution is 7.21. The van der Waals surface area contributed by atoms with Crippen LogP contribution in [0.3, 0.4) is 0 Å². The average Bonchev–Trinajstić information content (AvgIpc) is 2.01. The molecule has 0 aliphatic carbocycles. The molecule has 2 atom stereocenters. The van der Waals surface area contributed by atoms with Gasteiger partial charge in [-0.3, -0.25) is 0 Å². The van der Waals surface area contributed by atoms with Gasteiger partial charge in [-0.1, -0.05) is 52.0 Å². The zero-order valence-corrected chi connectivity index (χ0v) is 11.0. The van der Waals surface area contributed by atoms with Crippen LogP contribution in [-0.2, 0) is 10.5 Å². The van der Waals surface area contributed by atoms with E-state index in [0.717, 1.165) is 0 Å². The molecule has 0 heterocycles. The second-order valence-corrected chi connectivity index (χ2v) is 7.00. The second kappa shape index (κ2) is 3.70. The van der Waals surface area contributed by atoms with Crippen LogP contribution in [0.25, 0.3) is 0 Å². The fourth-order valence-electron chi connectivity index (χ4n) is 1.39. The van der Waals surface area contributed by atoms with E-state index in [1.807, 2.05) is 0 Å². The van der Waals surface area contributed by atoms with Crippen molar-refractivity contribution >= 4 is 17.1 Å². The van der Waals surface area contributed by atoms with Crippen molar-refractivity contribution in [1.82, 2.24) is 0 Å². The van der Waals surface area contributed by atoms with Gasteiger partial charge in [-0.05, 0) is 21.6 Å². The Morgan fingerprint density at radius 1 is 1.07 bits per heavy atom. The molecule has 0 saturated carbocycles. The van der Waals surface area contributed by atoms with Crippen LogP contribution in [0.4, 0.5) is 0 Å². The Labute approximate surface area is 91.1 Å². The molecule has 0 nitrogen and oxygen atoms in total. The molecule has 0 bridgehead atoms. The molecule has 0 spiro atoms. The summed E-state index contributed by atoms with van der Waals surface area (Å²) in [7, 11) is 5.12. The minimum absolute atomic E-state index is 0.168. The van der Waals surface area contributed by atoms with Crippen molar-refractivity contribution < 1.29 is 0 Å². The van der Waals surface area contributed by atoms with Crippen LogP contribution in [-0.4, -0.2) is 7.85 Å².